The van der Waals surface area contributed by atoms with E-state index in [1.54, 1.807) is 55.5 Å². The fraction of sp³-hybridized carbons (Fsp3) is 0.348. The van der Waals surface area contributed by atoms with E-state index in [0.717, 1.165) is 0 Å². The summed E-state index contributed by atoms with van der Waals surface area (Å²) in [6, 6.07) is 12.9. The molecule has 0 saturated heterocycles. The summed E-state index contributed by atoms with van der Waals surface area (Å²) in [6.45, 7) is 6.41. The third-order valence-corrected chi connectivity index (χ3v) is 4.35. The summed E-state index contributed by atoms with van der Waals surface area (Å²) < 4.78 is 10.6. The highest BCUT2D eigenvalue weighted by Gasteiger charge is 2.16. The van der Waals surface area contributed by atoms with Crippen LogP contribution in [0.2, 0.25) is 0 Å². The molecule has 1 atom stereocenters. The van der Waals surface area contributed by atoms with Gasteiger partial charge in [-0.15, -0.1) is 0 Å². The van der Waals surface area contributed by atoms with Crippen molar-refractivity contribution in [2.45, 2.75) is 33.2 Å². The van der Waals surface area contributed by atoms with E-state index >= 15 is 0 Å². The zero-order chi connectivity index (χ0) is 22.8. The molecule has 3 amide bonds. The summed E-state index contributed by atoms with van der Waals surface area (Å²) in [7, 11) is 0. The van der Waals surface area contributed by atoms with Gasteiger partial charge in [0.1, 0.15) is 11.5 Å². The molecule has 0 aromatic heterocycles. The number of hydrogen-bond acceptors (Lipinski definition) is 5. The number of rotatable bonds is 10. The van der Waals surface area contributed by atoms with Crippen LogP contribution in [0.4, 0.5) is 4.79 Å². The molecule has 0 aliphatic rings. The normalized spacial score (nSPS) is 11.5. The molecular weight excluding hydrogens is 398 g/mol. The van der Waals surface area contributed by atoms with Crippen molar-refractivity contribution in [3.63, 3.8) is 0 Å². The van der Waals surface area contributed by atoms with Gasteiger partial charge in [0.15, 0.2) is 0 Å². The number of primary amides is 1. The highest BCUT2D eigenvalue weighted by Crippen LogP contribution is 2.22. The van der Waals surface area contributed by atoms with Gasteiger partial charge in [0.25, 0.3) is 5.91 Å². The van der Waals surface area contributed by atoms with E-state index in [0.29, 0.717) is 41.5 Å². The Balaban J connectivity index is 1.92. The summed E-state index contributed by atoms with van der Waals surface area (Å²) in [5.41, 5.74) is 6.09. The first kappa shape index (κ1) is 23.7. The van der Waals surface area contributed by atoms with Gasteiger partial charge in [-0.1, -0.05) is 13.8 Å². The largest absolute Gasteiger partial charge is 0.457 e. The van der Waals surface area contributed by atoms with Gasteiger partial charge in [-0.05, 0) is 67.8 Å². The second-order valence-corrected chi connectivity index (χ2v) is 7.42. The van der Waals surface area contributed by atoms with Crippen molar-refractivity contribution in [1.29, 1.82) is 0 Å². The number of alkyl carbamates (subject to hydrolysis) is 1. The van der Waals surface area contributed by atoms with Crippen molar-refractivity contribution in [3.05, 3.63) is 59.7 Å². The fourth-order valence-electron chi connectivity index (χ4n) is 2.92. The van der Waals surface area contributed by atoms with Crippen LogP contribution in [0, 0.1) is 5.92 Å². The van der Waals surface area contributed by atoms with Crippen molar-refractivity contribution < 1.29 is 23.9 Å². The zero-order valence-corrected chi connectivity index (χ0v) is 18.0. The first-order valence-electron chi connectivity index (χ1n) is 10.2. The molecule has 31 heavy (non-hydrogen) atoms. The predicted octanol–water partition coefficient (Wildman–Crippen LogP) is 3.47. The maximum Gasteiger partial charge on any atom is 0.407 e. The van der Waals surface area contributed by atoms with Crippen molar-refractivity contribution in [3.8, 4) is 11.5 Å². The van der Waals surface area contributed by atoms with Crippen LogP contribution in [0.5, 0.6) is 11.5 Å². The molecule has 1 unspecified atom stereocenters. The van der Waals surface area contributed by atoms with Crippen LogP contribution in [0.1, 0.15) is 47.9 Å². The van der Waals surface area contributed by atoms with E-state index in [2.05, 4.69) is 10.6 Å². The fourth-order valence-corrected chi connectivity index (χ4v) is 2.92. The number of amides is 3. The maximum atomic E-state index is 12.5. The summed E-state index contributed by atoms with van der Waals surface area (Å²) in [5, 5.41) is 5.62. The Morgan fingerprint density at radius 1 is 0.935 bits per heavy atom. The molecule has 0 spiro atoms. The van der Waals surface area contributed by atoms with Gasteiger partial charge in [0, 0.05) is 23.7 Å². The average molecular weight is 428 g/mol. The highest BCUT2D eigenvalue weighted by molar-refractivity contribution is 5.94. The Kier molecular flexibility index (Phi) is 8.87. The van der Waals surface area contributed by atoms with E-state index in [1.165, 1.54) is 0 Å². The van der Waals surface area contributed by atoms with Gasteiger partial charge >= 0.3 is 6.09 Å². The van der Waals surface area contributed by atoms with Gasteiger partial charge in [0.2, 0.25) is 5.91 Å². The van der Waals surface area contributed by atoms with Crippen molar-refractivity contribution >= 4 is 17.9 Å². The van der Waals surface area contributed by atoms with Crippen LogP contribution in [-0.2, 0) is 4.74 Å². The van der Waals surface area contributed by atoms with Gasteiger partial charge in [0.05, 0.1) is 6.61 Å². The molecule has 0 aliphatic carbocycles. The molecular formula is C23H29N3O5. The molecule has 0 saturated carbocycles. The SMILES string of the molecule is CCOC(=O)NC(CNC(=O)c1ccc(Oc2ccc(C(N)=O)cc2)cc1)CC(C)C. The third kappa shape index (κ3) is 8.00. The van der Waals surface area contributed by atoms with E-state index in [-0.39, 0.29) is 18.6 Å². The monoisotopic (exact) mass is 427 g/mol. The molecule has 0 fully saturated rings. The van der Waals surface area contributed by atoms with Crippen molar-refractivity contribution in [1.82, 2.24) is 10.6 Å². The van der Waals surface area contributed by atoms with Crippen LogP contribution in [-0.4, -0.2) is 37.1 Å². The van der Waals surface area contributed by atoms with E-state index in [9.17, 15) is 14.4 Å². The molecule has 8 nitrogen and oxygen atoms in total. The highest BCUT2D eigenvalue weighted by atomic mass is 16.5. The standard InChI is InChI=1S/C23H29N3O5/c1-4-30-23(29)26-18(13-15(2)3)14-25-22(28)17-7-11-20(12-8-17)31-19-9-5-16(6-10-19)21(24)27/h5-12,15,18H,4,13-14H2,1-3H3,(H2,24,27)(H,25,28)(H,26,29). The van der Waals surface area contributed by atoms with Crippen LogP contribution in [0.15, 0.2) is 48.5 Å². The number of carbonyl (C=O) groups is 3. The zero-order valence-electron chi connectivity index (χ0n) is 18.0. The molecule has 166 valence electrons. The third-order valence-electron chi connectivity index (χ3n) is 4.35. The van der Waals surface area contributed by atoms with E-state index < -0.39 is 12.0 Å². The quantitative estimate of drug-likeness (QED) is 0.536. The molecule has 0 aliphatic heterocycles. The Morgan fingerprint density at radius 2 is 1.48 bits per heavy atom. The second kappa shape index (κ2) is 11.6. The first-order chi connectivity index (χ1) is 14.8. The topological polar surface area (TPSA) is 120 Å². The van der Waals surface area contributed by atoms with Crippen molar-refractivity contribution in [2.75, 3.05) is 13.2 Å². The number of carbonyl (C=O) groups excluding carboxylic acids is 3. The molecule has 2 aromatic rings. The molecule has 0 bridgehead atoms. The van der Waals surface area contributed by atoms with Gasteiger partial charge < -0.3 is 25.8 Å². The first-order valence-corrected chi connectivity index (χ1v) is 10.2. The van der Waals surface area contributed by atoms with Gasteiger partial charge in [-0.3, -0.25) is 9.59 Å². The minimum Gasteiger partial charge on any atom is -0.457 e. The van der Waals surface area contributed by atoms with Crippen LogP contribution in [0.25, 0.3) is 0 Å². The lowest BCUT2D eigenvalue weighted by molar-refractivity contribution is 0.0943. The lowest BCUT2D eigenvalue weighted by Crippen LogP contribution is -2.44. The number of ether oxygens (including phenoxy) is 2. The summed E-state index contributed by atoms with van der Waals surface area (Å²) >= 11 is 0. The van der Waals surface area contributed by atoms with Crippen molar-refractivity contribution in [2.24, 2.45) is 11.7 Å². The Labute approximate surface area is 182 Å². The van der Waals surface area contributed by atoms with E-state index in [4.69, 9.17) is 15.2 Å². The molecule has 8 heteroatoms. The Morgan fingerprint density at radius 3 is 1.97 bits per heavy atom. The van der Waals surface area contributed by atoms with Crippen LogP contribution >= 0.6 is 0 Å². The summed E-state index contributed by atoms with van der Waals surface area (Å²) in [6.07, 6.45) is 0.216. The number of benzene rings is 2. The number of nitrogens with two attached hydrogens (primary N) is 1. The second-order valence-electron chi connectivity index (χ2n) is 7.42. The van der Waals surface area contributed by atoms with Crippen LogP contribution in [0.3, 0.4) is 0 Å². The smallest absolute Gasteiger partial charge is 0.407 e. The van der Waals surface area contributed by atoms with Gasteiger partial charge in [-0.25, -0.2) is 4.79 Å². The Hall–Kier alpha value is -3.55. The minimum absolute atomic E-state index is 0.228. The molecule has 2 rings (SSSR count). The molecule has 0 heterocycles. The van der Waals surface area contributed by atoms with Gasteiger partial charge in [-0.2, -0.15) is 0 Å². The number of hydrogen-bond donors (Lipinski definition) is 3. The Bertz CT molecular complexity index is 879. The number of nitrogens with one attached hydrogen (secondary N) is 2. The maximum absolute atomic E-state index is 12.5. The lowest BCUT2D eigenvalue weighted by Gasteiger charge is -2.20. The lowest BCUT2D eigenvalue weighted by atomic mass is 10.0. The molecule has 2 aromatic carbocycles. The summed E-state index contributed by atoms with van der Waals surface area (Å²) in [5.74, 6) is 0.679. The summed E-state index contributed by atoms with van der Waals surface area (Å²) in [4.78, 5) is 35.3. The predicted molar refractivity (Wildman–Crippen MR) is 117 cm³/mol. The minimum atomic E-state index is -0.505. The van der Waals surface area contributed by atoms with E-state index in [1.807, 2.05) is 13.8 Å². The van der Waals surface area contributed by atoms with Crippen LogP contribution < -0.4 is 21.1 Å². The average Bonchev–Trinajstić information content (AvgIpc) is 2.72. The molecule has 0 radical (unpaired) electrons. The molecule has 4 N–H and O–H groups in total.